The Hall–Kier alpha value is -0.160. The molecule has 0 aromatic rings. The van der Waals surface area contributed by atoms with Crippen molar-refractivity contribution in [1.82, 2.24) is 10.2 Å². The number of rotatable bonds is 4. The number of nitrogens with zero attached hydrogens (tertiary/aromatic N) is 1. The first kappa shape index (κ1) is 13.3. The van der Waals surface area contributed by atoms with Crippen LogP contribution in [0.1, 0.15) is 25.7 Å². The predicted molar refractivity (Wildman–Crippen MR) is 66.2 cm³/mol. The zero-order valence-corrected chi connectivity index (χ0v) is 10.9. The number of ether oxygens (including phenoxy) is 1. The molecule has 0 amide bonds. The van der Waals surface area contributed by atoms with Gasteiger partial charge in [-0.3, -0.25) is 0 Å². The Morgan fingerprint density at radius 1 is 1.24 bits per heavy atom. The normalized spacial score (nSPS) is 27.2. The molecule has 2 aliphatic rings. The molecule has 1 unspecified atom stereocenters. The van der Waals surface area contributed by atoms with Gasteiger partial charge in [-0.05, 0) is 64.8 Å². The van der Waals surface area contributed by atoms with E-state index in [0.29, 0.717) is 12.5 Å². The maximum Gasteiger partial charge on any atom is 0.194 e. The lowest BCUT2D eigenvalue weighted by Gasteiger charge is -2.31. The average molecular weight is 241 g/mol. The summed E-state index contributed by atoms with van der Waals surface area (Å²) in [4.78, 5) is 2.29. The van der Waals surface area contributed by atoms with E-state index in [1.165, 1.54) is 0 Å². The molecule has 2 rings (SSSR count). The highest BCUT2D eigenvalue weighted by Crippen LogP contribution is 2.22. The van der Waals surface area contributed by atoms with Gasteiger partial charge in [0, 0.05) is 5.92 Å². The van der Waals surface area contributed by atoms with Gasteiger partial charge in [0.05, 0.1) is 6.61 Å². The fourth-order valence-corrected chi connectivity index (χ4v) is 2.72. The van der Waals surface area contributed by atoms with Gasteiger partial charge in [-0.2, -0.15) is 0 Å². The second kappa shape index (κ2) is 6.69. The van der Waals surface area contributed by atoms with Crippen LogP contribution < -0.4 is 5.32 Å². The first-order valence-corrected chi connectivity index (χ1v) is 6.92. The van der Waals surface area contributed by atoms with Crippen molar-refractivity contribution in [3.63, 3.8) is 0 Å². The maximum absolute atomic E-state index is 12.0. The Bertz CT molecular complexity index is 211. The van der Waals surface area contributed by atoms with E-state index in [0.717, 1.165) is 51.9 Å². The van der Waals surface area contributed by atoms with Crippen LogP contribution in [0, 0.1) is 11.8 Å². The predicted octanol–water partition coefficient (Wildman–Crippen LogP) is 1.10. The van der Waals surface area contributed by atoms with Crippen LogP contribution in [0.2, 0.25) is 0 Å². The van der Waals surface area contributed by atoms with Crippen molar-refractivity contribution in [2.75, 3.05) is 39.8 Å². The van der Waals surface area contributed by atoms with E-state index in [2.05, 4.69) is 17.3 Å². The summed E-state index contributed by atoms with van der Waals surface area (Å²) in [6.07, 6.45) is 3.51. The number of piperidine rings is 2. The zero-order valence-electron chi connectivity index (χ0n) is 10.9. The molecule has 0 aromatic carbocycles. The highest BCUT2D eigenvalue weighted by atomic mass is 16.6. The van der Waals surface area contributed by atoms with E-state index >= 15 is 0 Å². The highest BCUT2D eigenvalue weighted by Gasteiger charge is 2.26. The Morgan fingerprint density at radius 3 is 2.53 bits per heavy atom. The molecule has 0 aliphatic carbocycles. The molecule has 2 heterocycles. The lowest BCUT2D eigenvalue weighted by molar-refractivity contribution is -0.187. The van der Waals surface area contributed by atoms with Crippen molar-refractivity contribution in [1.29, 1.82) is 0 Å². The van der Waals surface area contributed by atoms with Crippen LogP contribution in [0.3, 0.4) is 0 Å². The van der Waals surface area contributed by atoms with Crippen LogP contribution in [0.25, 0.3) is 0 Å². The molecule has 1 N–H and O–H groups in total. The van der Waals surface area contributed by atoms with E-state index in [9.17, 15) is 5.11 Å². The maximum atomic E-state index is 12.0. The summed E-state index contributed by atoms with van der Waals surface area (Å²) < 4.78 is 5.55. The standard InChI is InChI=1S/C13H25N2O2/c1-15-8-4-12(5-9-15)13(16)17-10-11-2-6-14-7-3-11/h11-14H,2-10H2,1H3. The molecule has 2 aliphatic heterocycles. The Morgan fingerprint density at radius 2 is 1.88 bits per heavy atom. The van der Waals surface area contributed by atoms with Gasteiger partial charge in [0.2, 0.25) is 0 Å². The molecule has 0 aromatic heterocycles. The number of hydrogen-bond acceptors (Lipinski definition) is 3. The third-order valence-corrected chi connectivity index (χ3v) is 4.10. The van der Waals surface area contributed by atoms with Gasteiger partial charge < -0.3 is 15.0 Å². The molecule has 0 bridgehead atoms. The van der Waals surface area contributed by atoms with Gasteiger partial charge in [-0.25, -0.2) is 5.11 Å². The molecule has 4 heteroatoms. The first-order valence-electron chi connectivity index (χ1n) is 6.92. The van der Waals surface area contributed by atoms with Crippen LogP contribution in [0.15, 0.2) is 0 Å². The molecule has 99 valence electrons. The summed E-state index contributed by atoms with van der Waals surface area (Å²) in [5, 5.41) is 15.3. The van der Waals surface area contributed by atoms with Crippen LogP contribution in [-0.2, 0) is 9.84 Å². The van der Waals surface area contributed by atoms with Crippen molar-refractivity contribution < 1.29 is 9.84 Å². The summed E-state index contributed by atoms with van der Waals surface area (Å²) in [6.45, 7) is 4.90. The molecule has 0 saturated carbocycles. The summed E-state index contributed by atoms with van der Waals surface area (Å²) in [5.74, 6) is 0.826. The average Bonchev–Trinajstić information content (AvgIpc) is 2.38. The Balaban J connectivity index is 1.64. The van der Waals surface area contributed by atoms with Crippen molar-refractivity contribution in [2.45, 2.75) is 32.0 Å². The van der Waals surface area contributed by atoms with Crippen LogP contribution in [0.5, 0.6) is 0 Å². The monoisotopic (exact) mass is 241 g/mol. The van der Waals surface area contributed by atoms with Crippen molar-refractivity contribution >= 4 is 0 Å². The fourth-order valence-electron chi connectivity index (χ4n) is 2.72. The van der Waals surface area contributed by atoms with E-state index in [1.54, 1.807) is 0 Å². The van der Waals surface area contributed by atoms with Crippen LogP contribution in [-0.4, -0.2) is 51.0 Å². The highest BCUT2D eigenvalue weighted by molar-refractivity contribution is 4.73. The minimum absolute atomic E-state index is 0.230. The van der Waals surface area contributed by atoms with Gasteiger partial charge in [0.25, 0.3) is 0 Å². The van der Waals surface area contributed by atoms with Gasteiger partial charge in [0.1, 0.15) is 0 Å². The molecule has 4 nitrogen and oxygen atoms in total. The fraction of sp³-hybridized carbons (Fsp3) is 1.00. The zero-order chi connectivity index (χ0) is 12.1. The van der Waals surface area contributed by atoms with Gasteiger partial charge >= 0.3 is 0 Å². The molecule has 2 fully saturated rings. The molecular weight excluding hydrogens is 216 g/mol. The van der Waals surface area contributed by atoms with Crippen LogP contribution >= 0.6 is 0 Å². The molecule has 0 spiro atoms. The third-order valence-electron chi connectivity index (χ3n) is 4.10. The van der Waals surface area contributed by atoms with Crippen molar-refractivity contribution in [3.8, 4) is 0 Å². The van der Waals surface area contributed by atoms with E-state index in [4.69, 9.17) is 4.74 Å². The largest absolute Gasteiger partial charge is 0.349 e. The Labute approximate surface area is 104 Å². The molecule has 1 atom stereocenters. The summed E-state index contributed by atoms with van der Waals surface area (Å²) in [7, 11) is 2.12. The second-order valence-corrected chi connectivity index (χ2v) is 5.54. The first-order chi connectivity index (χ1) is 8.25. The smallest absolute Gasteiger partial charge is 0.194 e. The number of likely N-dealkylation sites (tertiary alicyclic amines) is 1. The quantitative estimate of drug-likeness (QED) is 0.750. The van der Waals surface area contributed by atoms with Gasteiger partial charge in [0.15, 0.2) is 6.29 Å². The Kier molecular flexibility index (Phi) is 5.22. The summed E-state index contributed by atoms with van der Waals surface area (Å²) in [5.41, 5.74) is 0. The number of hydrogen-bond donors (Lipinski definition) is 1. The molecule has 17 heavy (non-hydrogen) atoms. The lowest BCUT2D eigenvalue weighted by Crippen LogP contribution is -2.37. The molecule has 1 radical (unpaired) electrons. The van der Waals surface area contributed by atoms with E-state index in [-0.39, 0.29) is 5.92 Å². The molecule has 2 saturated heterocycles. The summed E-state index contributed by atoms with van der Waals surface area (Å²) >= 11 is 0. The number of nitrogens with one attached hydrogen (secondary N) is 1. The lowest BCUT2D eigenvalue weighted by atomic mass is 9.96. The van der Waals surface area contributed by atoms with Gasteiger partial charge in [-0.1, -0.05) is 0 Å². The SMILES string of the molecule is CN1CCC(C([O])OCC2CCNCC2)CC1. The van der Waals surface area contributed by atoms with Crippen molar-refractivity contribution in [2.24, 2.45) is 11.8 Å². The van der Waals surface area contributed by atoms with E-state index in [1.807, 2.05) is 0 Å². The van der Waals surface area contributed by atoms with E-state index < -0.39 is 6.29 Å². The minimum atomic E-state index is -0.793. The van der Waals surface area contributed by atoms with Crippen LogP contribution in [0.4, 0.5) is 0 Å². The van der Waals surface area contributed by atoms with Crippen molar-refractivity contribution in [3.05, 3.63) is 0 Å². The minimum Gasteiger partial charge on any atom is -0.349 e. The third kappa shape index (κ3) is 4.21. The summed E-state index contributed by atoms with van der Waals surface area (Å²) in [6, 6.07) is 0. The topological polar surface area (TPSA) is 44.4 Å². The molecular formula is C13H25N2O2. The second-order valence-electron chi connectivity index (χ2n) is 5.54. The van der Waals surface area contributed by atoms with Gasteiger partial charge in [-0.15, -0.1) is 0 Å².